The Kier molecular flexibility index (Phi) is 7.62. The van der Waals surface area contributed by atoms with Crippen LogP contribution in [0.15, 0.2) is 30.5 Å². The highest BCUT2D eigenvalue weighted by atomic mass is 19.4. The number of nitrogens with one attached hydrogen (secondary N) is 2. The summed E-state index contributed by atoms with van der Waals surface area (Å²) < 4.78 is 86.9. The highest BCUT2D eigenvalue weighted by molar-refractivity contribution is 5.83. The Labute approximate surface area is 171 Å². The van der Waals surface area contributed by atoms with Gasteiger partial charge in [0, 0.05) is 19.3 Å². The van der Waals surface area contributed by atoms with Gasteiger partial charge in [-0.1, -0.05) is 6.07 Å². The molecule has 1 aromatic heterocycles. The molecule has 1 atom stereocenters. The van der Waals surface area contributed by atoms with Gasteiger partial charge >= 0.3 is 18.1 Å². The van der Waals surface area contributed by atoms with E-state index in [0.717, 1.165) is 18.3 Å². The van der Waals surface area contributed by atoms with Gasteiger partial charge in [-0.25, -0.2) is 9.37 Å². The van der Waals surface area contributed by atoms with Crippen LogP contribution in [0.4, 0.5) is 26.3 Å². The summed E-state index contributed by atoms with van der Waals surface area (Å²) in [6.07, 6.45) is -4.84. The molecule has 0 aliphatic rings. The molecule has 0 fully saturated rings. The zero-order valence-corrected chi connectivity index (χ0v) is 16.0. The summed E-state index contributed by atoms with van der Waals surface area (Å²) in [4.78, 5) is 24.0. The number of halogens is 6. The molecule has 8 nitrogen and oxygen atoms in total. The van der Waals surface area contributed by atoms with E-state index in [0.29, 0.717) is 0 Å². The van der Waals surface area contributed by atoms with E-state index in [1.165, 1.54) is 26.3 Å². The highest BCUT2D eigenvalue weighted by Crippen LogP contribution is 2.36. The van der Waals surface area contributed by atoms with Gasteiger partial charge in [0.1, 0.15) is 17.6 Å². The van der Waals surface area contributed by atoms with Crippen LogP contribution in [0, 0.1) is 5.82 Å². The highest BCUT2D eigenvalue weighted by Gasteiger charge is 2.58. The number of ether oxygens (including phenoxy) is 2. The second kappa shape index (κ2) is 9.78. The van der Waals surface area contributed by atoms with Gasteiger partial charge in [0.2, 0.25) is 11.8 Å². The summed E-state index contributed by atoms with van der Waals surface area (Å²) in [5.74, 6) is -7.57. The third kappa shape index (κ3) is 5.95. The zero-order chi connectivity index (χ0) is 23.2. The number of benzene rings is 1. The quantitative estimate of drug-likeness (QED) is 0.445. The van der Waals surface area contributed by atoms with Crippen LogP contribution in [-0.2, 0) is 9.63 Å². The molecule has 0 bridgehead atoms. The maximum absolute atomic E-state index is 14.5. The molecule has 2 rings (SSSR count). The molecule has 2 aromatic rings. The van der Waals surface area contributed by atoms with E-state index >= 15 is 0 Å². The van der Waals surface area contributed by atoms with Gasteiger partial charge in [-0.15, -0.1) is 0 Å². The van der Waals surface area contributed by atoms with Crippen molar-refractivity contribution in [2.45, 2.75) is 18.1 Å². The molecule has 0 aliphatic heterocycles. The molecule has 1 aromatic carbocycles. The van der Waals surface area contributed by atoms with E-state index in [-0.39, 0.29) is 11.3 Å². The molecular formula is C17H16F6N4O4. The minimum atomic E-state index is -5.81. The Hall–Kier alpha value is -3.13. The van der Waals surface area contributed by atoms with Crippen LogP contribution in [-0.4, -0.2) is 48.7 Å². The van der Waals surface area contributed by atoms with Crippen molar-refractivity contribution in [3.8, 4) is 17.6 Å². The summed E-state index contributed by atoms with van der Waals surface area (Å²) in [6.45, 7) is -2.02. The Bertz CT molecular complexity index is 912. The van der Waals surface area contributed by atoms with Gasteiger partial charge in [0.25, 0.3) is 0 Å². The number of rotatable bonds is 9. The lowest BCUT2D eigenvalue weighted by atomic mass is 10.0. The molecule has 14 heteroatoms. The van der Waals surface area contributed by atoms with Gasteiger partial charge in [0.15, 0.2) is 6.61 Å². The predicted molar refractivity (Wildman–Crippen MR) is 92.0 cm³/mol. The first-order chi connectivity index (χ1) is 14.5. The number of amides is 1. The number of carbonyl (C=O) groups excluding carboxylic acids is 1. The molecule has 0 aliphatic carbocycles. The first kappa shape index (κ1) is 24.1. The van der Waals surface area contributed by atoms with Crippen molar-refractivity contribution in [3.05, 3.63) is 41.8 Å². The first-order valence-electron chi connectivity index (χ1n) is 8.37. The summed E-state index contributed by atoms with van der Waals surface area (Å²) >= 11 is 0. The Balaban J connectivity index is 2.29. The molecule has 31 heavy (non-hydrogen) atoms. The van der Waals surface area contributed by atoms with Gasteiger partial charge in [-0.05, 0) is 12.1 Å². The minimum Gasteiger partial charge on any atom is -0.471 e. The number of carbonyl (C=O) groups is 1. The fraction of sp³-hybridized carbons (Fsp3) is 0.353. The number of nitrogens with zero attached hydrogens (tertiary/aromatic N) is 2. The molecule has 1 amide bonds. The van der Waals surface area contributed by atoms with Crippen LogP contribution in [0.1, 0.15) is 11.6 Å². The lowest BCUT2D eigenvalue weighted by molar-refractivity contribution is -0.290. The number of alkyl halides is 5. The molecule has 0 saturated carbocycles. The van der Waals surface area contributed by atoms with E-state index in [4.69, 9.17) is 9.57 Å². The minimum absolute atomic E-state index is 0.254. The van der Waals surface area contributed by atoms with Crippen molar-refractivity contribution in [2.24, 2.45) is 0 Å². The smallest absolute Gasteiger partial charge is 0.456 e. The van der Waals surface area contributed by atoms with Crippen LogP contribution in [0.5, 0.6) is 17.6 Å². The summed E-state index contributed by atoms with van der Waals surface area (Å²) in [6, 6.07) is 2.52. The van der Waals surface area contributed by atoms with Crippen molar-refractivity contribution in [1.82, 2.24) is 20.8 Å². The summed E-state index contributed by atoms with van der Waals surface area (Å²) in [5, 5.41) is 2.30. The Morgan fingerprint density at radius 3 is 2.52 bits per heavy atom. The van der Waals surface area contributed by atoms with E-state index in [1.54, 1.807) is 0 Å². The lowest BCUT2D eigenvalue weighted by Gasteiger charge is -2.20. The number of hydroxylamine groups is 1. The van der Waals surface area contributed by atoms with Crippen LogP contribution in [0.2, 0.25) is 0 Å². The predicted octanol–water partition coefficient (Wildman–Crippen LogP) is 2.92. The topological polar surface area (TPSA) is 94.6 Å². The van der Waals surface area contributed by atoms with E-state index in [1.807, 2.05) is 0 Å². The van der Waals surface area contributed by atoms with Crippen LogP contribution in [0.3, 0.4) is 0 Å². The maximum atomic E-state index is 14.5. The second-order valence-corrected chi connectivity index (χ2v) is 5.79. The molecule has 1 heterocycles. The van der Waals surface area contributed by atoms with E-state index in [2.05, 4.69) is 25.5 Å². The molecule has 170 valence electrons. The maximum Gasteiger partial charge on any atom is 0.456 e. The molecule has 0 saturated heterocycles. The molecular weight excluding hydrogens is 438 g/mol. The SMILES string of the molecule is CNC(=O)C(NOC)c1c(F)cccc1Oc1nccc(OCC(F)(F)C(F)(F)F)n1. The summed E-state index contributed by atoms with van der Waals surface area (Å²) in [7, 11) is 2.49. The summed E-state index contributed by atoms with van der Waals surface area (Å²) in [5.41, 5.74) is 1.99. The fourth-order valence-corrected chi connectivity index (χ4v) is 2.19. The molecule has 2 N–H and O–H groups in total. The first-order valence-corrected chi connectivity index (χ1v) is 8.37. The van der Waals surface area contributed by atoms with Gasteiger partial charge < -0.3 is 19.6 Å². The average molecular weight is 454 g/mol. The molecule has 0 radical (unpaired) electrons. The monoisotopic (exact) mass is 454 g/mol. The normalized spacial score (nSPS) is 12.9. The standard InChI is InChI=1S/C17H16F6N4O4/c1-24-14(28)13(27-29-2)12-9(18)4-3-5-10(12)31-15-25-7-6-11(26-15)30-8-16(19,20)17(21,22)23/h3-7,13,27H,8H2,1-2H3,(H,24,28). The van der Waals surface area contributed by atoms with Crippen molar-refractivity contribution >= 4 is 5.91 Å². The third-order valence-corrected chi connectivity index (χ3v) is 3.67. The lowest BCUT2D eigenvalue weighted by Crippen LogP contribution is -2.41. The largest absolute Gasteiger partial charge is 0.471 e. The van der Waals surface area contributed by atoms with Gasteiger partial charge in [0.05, 0.1) is 12.7 Å². The number of likely N-dealkylation sites (N-methyl/N-ethyl adjacent to an activating group) is 1. The van der Waals surface area contributed by atoms with Crippen LogP contribution in [0.25, 0.3) is 0 Å². The van der Waals surface area contributed by atoms with Crippen molar-refractivity contribution in [1.29, 1.82) is 0 Å². The third-order valence-electron chi connectivity index (χ3n) is 3.67. The molecule has 1 unspecified atom stereocenters. The number of aromatic nitrogens is 2. The number of hydrogen-bond donors (Lipinski definition) is 2. The molecule has 0 spiro atoms. The van der Waals surface area contributed by atoms with Crippen molar-refractivity contribution in [3.63, 3.8) is 0 Å². The second-order valence-electron chi connectivity index (χ2n) is 5.79. The zero-order valence-electron chi connectivity index (χ0n) is 16.0. The van der Waals surface area contributed by atoms with E-state index in [9.17, 15) is 31.1 Å². The Morgan fingerprint density at radius 2 is 1.90 bits per heavy atom. The van der Waals surface area contributed by atoms with Crippen molar-refractivity contribution < 1.29 is 45.4 Å². The van der Waals surface area contributed by atoms with Gasteiger partial charge in [-0.3, -0.25) is 4.79 Å². The average Bonchev–Trinajstić information content (AvgIpc) is 2.70. The number of hydrogen-bond acceptors (Lipinski definition) is 7. The van der Waals surface area contributed by atoms with E-state index < -0.39 is 48.4 Å². The van der Waals surface area contributed by atoms with Gasteiger partial charge in [-0.2, -0.15) is 32.4 Å². The fourth-order valence-electron chi connectivity index (χ4n) is 2.19. The van der Waals surface area contributed by atoms with Crippen LogP contribution < -0.4 is 20.3 Å². The Morgan fingerprint density at radius 1 is 1.19 bits per heavy atom. The van der Waals surface area contributed by atoms with Crippen LogP contribution >= 0.6 is 0 Å². The van der Waals surface area contributed by atoms with Crippen molar-refractivity contribution in [2.75, 3.05) is 20.8 Å².